The van der Waals surface area contributed by atoms with Gasteiger partial charge in [-0.2, -0.15) is 0 Å². The van der Waals surface area contributed by atoms with Gasteiger partial charge in [-0.05, 0) is 12.1 Å². The van der Waals surface area contributed by atoms with Gasteiger partial charge in [0.25, 0.3) is 0 Å². The largest absolute Gasteiger partial charge is 0.573 e. The van der Waals surface area contributed by atoms with Gasteiger partial charge in [0.05, 0.1) is 4.92 Å². The molecule has 0 amide bonds. The lowest BCUT2D eigenvalue weighted by Crippen LogP contribution is -2.17. The summed E-state index contributed by atoms with van der Waals surface area (Å²) >= 11 is 0. The molecule has 0 fully saturated rings. The highest BCUT2D eigenvalue weighted by molar-refractivity contribution is 5.45. The average molecular weight is 206 g/mol. The molecule has 1 aromatic carbocycles. The van der Waals surface area contributed by atoms with Crippen LogP contribution < -0.4 is 4.74 Å². The normalized spacial score (nSPS) is 11.1. The number of alkyl halides is 3. The van der Waals surface area contributed by atoms with Crippen molar-refractivity contribution in [3.05, 3.63) is 34.4 Å². The lowest BCUT2D eigenvalue weighted by Gasteiger charge is -2.07. The number of halogens is 3. The Bertz CT molecular complexity index is 350. The minimum absolute atomic E-state index is 0.773. The monoisotopic (exact) mass is 206 g/mol. The lowest BCUT2D eigenvalue weighted by molar-refractivity contribution is -0.388. The van der Waals surface area contributed by atoms with E-state index in [4.69, 9.17) is 0 Å². The zero-order valence-electron chi connectivity index (χ0n) is 6.54. The van der Waals surface area contributed by atoms with E-state index in [0.29, 0.717) is 0 Å². The van der Waals surface area contributed by atoms with Crippen LogP contribution in [0.5, 0.6) is 5.75 Å². The standard InChI is InChI=1S/C7H3F3NO3/c8-7(9,10)14-6-4-2-1-3-5(6)11(12)13/h2-4H. The van der Waals surface area contributed by atoms with Crippen molar-refractivity contribution in [1.82, 2.24) is 0 Å². The Hall–Kier alpha value is -1.79. The highest BCUT2D eigenvalue weighted by Crippen LogP contribution is 2.30. The van der Waals surface area contributed by atoms with Gasteiger partial charge in [0.1, 0.15) is 0 Å². The molecule has 1 rings (SSSR count). The van der Waals surface area contributed by atoms with E-state index in [2.05, 4.69) is 10.8 Å². The van der Waals surface area contributed by atoms with Gasteiger partial charge < -0.3 is 4.74 Å². The summed E-state index contributed by atoms with van der Waals surface area (Å²) in [4.78, 5) is 9.27. The van der Waals surface area contributed by atoms with E-state index in [1.165, 1.54) is 0 Å². The Morgan fingerprint density at radius 1 is 1.50 bits per heavy atom. The minimum Gasteiger partial charge on any atom is -0.398 e. The summed E-state index contributed by atoms with van der Waals surface area (Å²) in [5.74, 6) is -0.846. The topological polar surface area (TPSA) is 52.4 Å². The van der Waals surface area contributed by atoms with Crippen molar-refractivity contribution in [2.75, 3.05) is 0 Å². The molecule has 0 aliphatic rings. The molecule has 14 heavy (non-hydrogen) atoms. The Kier molecular flexibility index (Phi) is 2.59. The second kappa shape index (κ2) is 3.52. The summed E-state index contributed by atoms with van der Waals surface area (Å²) in [6.07, 6.45) is -4.94. The molecule has 0 aliphatic carbocycles. The van der Waals surface area contributed by atoms with Crippen molar-refractivity contribution in [2.45, 2.75) is 6.36 Å². The second-order valence-corrected chi connectivity index (χ2v) is 2.20. The molecule has 7 heteroatoms. The fourth-order valence-electron chi connectivity index (χ4n) is 0.761. The molecule has 0 unspecified atom stereocenters. The van der Waals surface area contributed by atoms with Gasteiger partial charge in [0.2, 0.25) is 5.75 Å². The van der Waals surface area contributed by atoms with E-state index in [0.717, 1.165) is 18.2 Å². The van der Waals surface area contributed by atoms with Crippen molar-refractivity contribution in [3.8, 4) is 5.75 Å². The summed E-state index contributed by atoms with van der Waals surface area (Å²) in [6, 6.07) is 5.00. The first-order valence-corrected chi connectivity index (χ1v) is 3.30. The first kappa shape index (κ1) is 10.3. The van der Waals surface area contributed by atoms with Crippen LogP contribution in [-0.4, -0.2) is 11.3 Å². The van der Waals surface area contributed by atoms with E-state index in [1.54, 1.807) is 0 Å². The van der Waals surface area contributed by atoms with Crippen LogP contribution in [0, 0.1) is 16.2 Å². The molecule has 1 aromatic rings. The molecule has 0 bridgehead atoms. The quantitative estimate of drug-likeness (QED) is 0.551. The number of nitrogens with zero attached hydrogens (tertiary/aromatic N) is 1. The van der Waals surface area contributed by atoms with Crippen LogP contribution >= 0.6 is 0 Å². The zero-order chi connectivity index (χ0) is 10.8. The number of ether oxygens (including phenoxy) is 1. The molecule has 0 aliphatic heterocycles. The fraction of sp³-hybridized carbons (Fsp3) is 0.143. The maximum absolute atomic E-state index is 11.7. The molecule has 1 radical (unpaired) electrons. The van der Waals surface area contributed by atoms with E-state index in [1.807, 2.05) is 0 Å². The van der Waals surface area contributed by atoms with Crippen molar-refractivity contribution in [2.24, 2.45) is 0 Å². The molecule has 0 atom stereocenters. The highest BCUT2D eigenvalue weighted by Gasteiger charge is 2.34. The van der Waals surface area contributed by atoms with Gasteiger partial charge in [0, 0.05) is 6.07 Å². The average Bonchev–Trinajstić information content (AvgIpc) is 2.01. The summed E-state index contributed by atoms with van der Waals surface area (Å²) in [7, 11) is 0. The summed E-state index contributed by atoms with van der Waals surface area (Å²) < 4.78 is 38.6. The smallest absolute Gasteiger partial charge is 0.398 e. The first-order chi connectivity index (χ1) is 6.40. The van der Waals surface area contributed by atoms with Crippen LogP contribution in [0.25, 0.3) is 0 Å². The minimum atomic E-state index is -4.94. The van der Waals surface area contributed by atoms with Crippen molar-refractivity contribution >= 4 is 5.69 Å². The molecule has 0 N–H and O–H groups in total. The van der Waals surface area contributed by atoms with Crippen molar-refractivity contribution in [3.63, 3.8) is 0 Å². The van der Waals surface area contributed by atoms with Crippen LogP contribution in [0.4, 0.5) is 18.9 Å². The van der Waals surface area contributed by atoms with E-state index in [-0.39, 0.29) is 0 Å². The second-order valence-electron chi connectivity index (χ2n) is 2.20. The molecule has 0 heterocycles. The van der Waals surface area contributed by atoms with Crippen LogP contribution in [0.15, 0.2) is 18.2 Å². The number of rotatable bonds is 2. The van der Waals surface area contributed by atoms with E-state index < -0.39 is 22.7 Å². The van der Waals surface area contributed by atoms with Gasteiger partial charge >= 0.3 is 12.0 Å². The summed E-state index contributed by atoms with van der Waals surface area (Å²) in [5, 5.41) is 10.2. The van der Waals surface area contributed by atoms with Crippen LogP contribution in [0.2, 0.25) is 0 Å². The maximum atomic E-state index is 11.7. The van der Waals surface area contributed by atoms with E-state index >= 15 is 0 Å². The Morgan fingerprint density at radius 2 is 2.14 bits per heavy atom. The molecular formula is C7H3F3NO3. The van der Waals surface area contributed by atoms with Gasteiger partial charge in [-0.1, -0.05) is 6.07 Å². The molecule has 4 nitrogen and oxygen atoms in total. The first-order valence-electron chi connectivity index (χ1n) is 3.30. The van der Waals surface area contributed by atoms with E-state index in [9.17, 15) is 23.3 Å². The number of nitro benzene ring substituents is 1. The van der Waals surface area contributed by atoms with Crippen LogP contribution in [0.1, 0.15) is 0 Å². The molecular weight excluding hydrogens is 203 g/mol. The maximum Gasteiger partial charge on any atom is 0.573 e. The number of benzene rings is 1. The highest BCUT2D eigenvalue weighted by atomic mass is 19.4. The van der Waals surface area contributed by atoms with Crippen molar-refractivity contribution in [1.29, 1.82) is 0 Å². The predicted octanol–water partition coefficient (Wildman–Crippen LogP) is 2.29. The predicted molar refractivity (Wildman–Crippen MR) is 38.6 cm³/mol. The lowest BCUT2D eigenvalue weighted by atomic mass is 10.3. The molecule has 0 aromatic heterocycles. The number of nitro groups is 1. The molecule has 0 saturated heterocycles. The third-order valence-corrected chi connectivity index (χ3v) is 1.23. The Morgan fingerprint density at radius 3 is 2.64 bits per heavy atom. The number of hydrogen-bond acceptors (Lipinski definition) is 3. The van der Waals surface area contributed by atoms with Gasteiger partial charge in [-0.15, -0.1) is 13.2 Å². The third-order valence-electron chi connectivity index (χ3n) is 1.23. The van der Waals surface area contributed by atoms with Crippen molar-refractivity contribution < 1.29 is 22.8 Å². The van der Waals surface area contributed by atoms with Gasteiger partial charge in [-0.3, -0.25) is 10.1 Å². The number of hydrogen-bond donors (Lipinski definition) is 0. The molecule has 0 spiro atoms. The Labute approximate surface area is 76.1 Å². The summed E-state index contributed by atoms with van der Waals surface area (Å²) in [5.41, 5.74) is -0.773. The molecule has 0 saturated carbocycles. The summed E-state index contributed by atoms with van der Waals surface area (Å²) in [6.45, 7) is 0. The van der Waals surface area contributed by atoms with Crippen LogP contribution in [0.3, 0.4) is 0 Å². The Balaban J connectivity index is 3.02. The van der Waals surface area contributed by atoms with Gasteiger partial charge in [0.15, 0.2) is 0 Å². The van der Waals surface area contributed by atoms with Crippen LogP contribution in [-0.2, 0) is 0 Å². The fourth-order valence-corrected chi connectivity index (χ4v) is 0.761. The molecule has 75 valence electrons. The van der Waals surface area contributed by atoms with Gasteiger partial charge in [-0.25, -0.2) is 0 Å². The SMILES string of the molecule is O=[N+]([O-])c1c[c]ccc1OC(F)(F)F. The zero-order valence-corrected chi connectivity index (χ0v) is 6.54. The third kappa shape index (κ3) is 2.61.